The van der Waals surface area contributed by atoms with Crippen molar-refractivity contribution in [2.24, 2.45) is 5.41 Å². The van der Waals surface area contributed by atoms with Gasteiger partial charge in [-0.15, -0.1) is 0 Å². The van der Waals surface area contributed by atoms with Crippen LogP contribution in [0.3, 0.4) is 0 Å². The zero-order valence-electron chi connectivity index (χ0n) is 3.48. The van der Waals surface area contributed by atoms with Gasteiger partial charge in [0.05, 0.1) is 0 Å². The molecule has 1 heteroatoms. The average Bonchev–Trinajstić information content (AvgIpc) is 2.22. The molecule has 1 fully saturated rings. The minimum atomic E-state index is -0.389. The van der Waals surface area contributed by atoms with Crippen molar-refractivity contribution in [3.63, 3.8) is 0 Å². The van der Waals surface area contributed by atoms with E-state index >= 15 is 0 Å². The fourth-order valence-corrected chi connectivity index (χ4v) is 0.262. The fourth-order valence-electron chi connectivity index (χ4n) is 0.262. The highest BCUT2D eigenvalue weighted by Crippen LogP contribution is 2.41. The van der Waals surface area contributed by atoms with Crippen molar-refractivity contribution >= 4 is 6.29 Å². The maximum atomic E-state index is 9.76. The summed E-state index contributed by atoms with van der Waals surface area (Å²) in [6.07, 6.45) is 2.60. The van der Waals surface area contributed by atoms with Crippen molar-refractivity contribution in [3.05, 3.63) is 6.92 Å². The Hall–Kier alpha value is -0.330. The Kier molecular flexibility index (Phi) is 0.536. The molecule has 0 atom stereocenters. The predicted octanol–water partition coefficient (Wildman–Crippen LogP) is 0.677. The summed E-state index contributed by atoms with van der Waals surface area (Å²) in [4.78, 5) is 9.76. The van der Waals surface area contributed by atoms with Gasteiger partial charge >= 0.3 is 0 Å². The van der Waals surface area contributed by atoms with Crippen LogP contribution in [0.4, 0.5) is 0 Å². The molecule has 2 radical (unpaired) electrons. The van der Waals surface area contributed by atoms with Crippen molar-refractivity contribution in [2.75, 3.05) is 0 Å². The summed E-state index contributed by atoms with van der Waals surface area (Å²) in [7, 11) is 0. The highest BCUT2D eigenvalue weighted by Gasteiger charge is 2.36. The van der Waals surface area contributed by atoms with Crippen molar-refractivity contribution in [1.82, 2.24) is 0 Å². The van der Waals surface area contributed by atoms with Gasteiger partial charge < -0.3 is 4.79 Å². The van der Waals surface area contributed by atoms with Crippen molar-refractivity contribution in [1.29, 1.82) is 0 Å². The van der Waals surface area contributed by atoms with Gasteiger partial charge in [-0.05, 0) is 19.8 Å². The van der Waals surface area contributed by atoms with E-state index in [0.29, 0.717) is 0 Å². The van der Waals surface area contributed by atoms with E-state index in [-0.39, 0.29) is 5.41 Å². The molecule has 1 aliphatic rings. The van der Waals surface area contributed by atoms with Gasteiger partial charge in [0.15, 0.2) is 0 Å². The molecular formula is C5H6O. The first kappa shape index (κ1) is 3.85. The third-order valence-electron chi connectivity index (χ3n) is 1.06. The summed E-state index contributed by atoms with van der Waals surface area (Å²) >= 11 is 0. The third kappa shape index (κ3) is 0.445. The van der Waals surface area contributed by atoms with Crippen molar-refractivity contribution in [2.45, 2.75) is 12.8 Å². The van der Waals surface area contributed by atoms with E-state index in [2.05, 4.69) is 0 Å². The van der Waals surface area contributed by atoms with E-state index in [1.54, 1.807) is 0 Å². The molecule has 0 aromatic rings. The molecule has 1 rings (SSSR count). The SMILES string of the molecule is [CH]C1(C=O)CC1. The Morgan fingerprint density at radius 1 is 1.67 bits per heavy atom. The van der Waals surface area contributed by atoms with Crippen LogP contribution in [0.15, 0.2) is 0 Å². The van der Waals surface area contributed by atoms with E-state index in [0.717, 1.165) is 19.1 Å². The number of hydrogen-bond donors (Lipinski definition) is 0. The van der Waals surface area contributed by atoms with Crippen LogP contribution >= 0.6 is 0 Å². The number of carbonyl (C=O) groups excluding carboxylic acids is 1. The van der Waals surface area contributed by atoms with Gasteiger partial charge in [-0.3, -0.25) is 0 Å². The maximum absolute atomic E-state index is 9.76. The fraction of sp³-hybridized carbons (Fsp3) is 0.600. The van der Waals surface area contributed by atoms with Gasteiger partial charge in [0.1, 0.15) is 6.29 Å². The minimum absolute atomic E-state index is 0.389. The van der Waals surface area contributed by atoms with Crippen LogP contribution in [0.1, 0.15) is 12.8 Å². The van der Waals surface area contributed by atoms with E-state index in [1.165, 1.54) is 0 Å². The summed E-state index contributed by atoms with van der Waals surface area (Å²) in [6, 6.07) is 0. The highest BCUT2D eigenvalue weighted by molar-refractivity contribution is 5.64. The number of aldehydes is 1. The van der Waals surface area contributed by atoms with Gasteiger partial charge in [-0.2, -0.15) is 0 Å². The van der Waals surface area contributed by atoms with Crippen LogP contribution in [0.25, 0.3) is 0 Å². The summed E-state index contributed by atoms with van der Waals surface area (Å²) in [6.45, 7) is 5.28. The zero-order valence-corrected chi connectivity index (χ0v) is 3.48. The molecule has 0 aromatic carbocycles. The lowest BCUT2D eigenvalue weighted by atomic mass is 10.2. The van der Waals surface area contributed by atoms with Crippen LogP contribution in [-0.2, 0) is 4.79 Å². The molecule has 0 saturated heterocycles. The highest BCUT2D eigenvalue weighted by atomic mass is 16.1. The number of carbonyl (C=O) groups is 1. The Labute approximate surface area is 37.4 Å². The molecule has 0 aromatic heterocycles. The number of hydrogen-bond acceptors (Lipinski definition) is 1. The van der Waals surface area contributed by atoms with E-state index in [1.807, 2.05) is 0 Å². The largest absolute Gasteiger partial charge is 0.303 e. The molecule has 6 heavy (non-hydrogen) atoms. The molecule has 1 aliphatic carbocycles. The van der Waals surface area contributed by atoms with Crippen molar-refractivity contribution in [3.8, 4) is 0 Å². The summed E-state index contributed by atoms with van der Waals surface area (Å²) < 4.78 is 0. The van der Waals surface area contributed by atoms with Crippen LogP contribution in [0.5, 0.6) is 0 Å². The summed E-state index contributed by atoms with van der Waals surface area (Å²) in [5.74, 6) is 0. The van der Waals surface area contributed by atoms with Gasteiger partial charge in [0.2, 0.25) is 0 Å². The van der Waals surface area contributed by atoms with Gasteiger partial charge in [-0.1, -0.05) is 0 Å². The maximum Gasteiger partial charge on any atom is 0.126 e. The standard InChI is InChI=1S/C5H6O/c1-5(4-6)2-3-5/h1,4H,2-3H2. The quantitative estimate of drug-likeness (QED) is 0.425. The molecule has 0 bridgehead atoms. The monoisotopic (exact) mass is 82.0 g/mol. The first-order valence-corrected chi connectivity index (χ1v) is 2.02. The average molecular weight is 82.1 g/mol. The van der Waals surface area contributed by atoms with E-state index < -0.39 is 0 Å². The second-order valence-electron chi connectivity index (χ2n) is 1.85. The molecule has 1 saturated carbocycles. The first-order chi connectivity index (χ1) is 2.77. The predicted molar refractivity (Wildman–Crippen MR) is 22.0 cm³/mol. The lowest BCUT2D eigenvalue weighted by molar-refractivity contribution is -0.110. The molecule has 0 spiro atoms. The zero-order chi connectivity index (χ0) is 4.62. The van der Waals surface area contributed by atoms with Crippen molar-refractivity contribution < 1.29 is 4.79 Å². The van der Waals surface area contributed by atoms with E-state index in [9.17, 15) is 4.79 Å². The smallest absolute Gasteiger partial charge is 0.126 e. The molecule has 0 amide bonds. The lowest BCUT2D eigenvalue weighted by Gasteiger charge is -1.84. The van der Waals surface area contributed by atoms with Crippen LogP contribution in [-0.4, -0.2) is 6.29 Å². The van der Waals surface area contributed by atoms with E-state index in [4.69, 9.17) is 6.92 Å². The molecule has 32 valence electrons. The molecule has 0 N–H and O–H groups in total. The Morgan fingerprint density at radius 3 is 2.17 bits per heavy atom. The lowest BCUT2D eigenvalue weighted by Crippen LogP contribution is -1.90. The Balaban J connectivity index is 2.47. The molecule has 0 aliphatic heterocycles. The summed E-state index contributed by atoms with van der Waals surface area (Å²) in [5, 5.41) is 0. The van der Waals surface area contributed by atoms with Crippen LogP contribution < -0.4 is 0 Å². The molecule has 1 nitrogen and oxygen atoms in total. The van der Waals surface area contributed by atoms with Gasteiger partial charge in [0.25, 0.3) is 0 Å². The van der Waals surface area contributed by atoms with Crippen LogP contribution in [0, 0.1) is 12.3 Å². The Morgan fingerprint density at radius 2 is 2.17 bits per heavy atom. The molecule has 0 heterocycles. The molecular weight excluding hydrogens is 76.1 g/mol. The first-order valence-electron chi connectivity index (χ1n) is 2.02. The van der Waals surface area contributed by atoms with Gasteiger partial charge in [-0.25, -0.2) is 0 Å². The summed E-state index contributed by atoms with van der Waals surface area (Å²) in [5.41, 5.74) is -0.389. The van der Waals surface area contributed by atoms with Crippen LogP contribution in [0.2, 0.25) is 0 Å². The second kappa shape index (κ2) is 0.837. The van der Waals surface area contributed by atoms with Gasteiger partial charge in [0, 0.05) is 5.41 Å². The third-order valence-corrected chi connectivity index (χ3v) is 1.06. The topological polar surface area (TPSA) is 17.1 Å². The number of rotatable bonds is 1. The Bertz CT molecular complexity index is 72.0. The minimum Gasteiger partial charge on any atom is -0.303 e. The molecule has 0 unspecified atom stereocenters. The normalized spacial score (nSPS) is 26.2. The second-order valence-corrected chi connectivity index (χ2v) is 1.85.